The third-order valence-electron chi connectivity index (χ3n) is 1.73. The Labute approximate surface area is 61.1 Å². The molecule has 0 bridgehead atoms. The molecule has 0 saturated carbocycles. The van der Waals surface area contributed by atoms with Crippen molar-refractivity contribution >= 4 is 10.0 Å². The van der Waals surface area contributed by atoms with Gasteiger partial charge in [0.2, 0.25) is 10.0 Å². The third kappa shape index (κ3) is 1.47. The minimum Gasteiger partial charge on any atom is -0.330 e. The fourth-order valence-corrected chi connectivity index (χ4v) is 1.91. The molecule has 0 amide bonds. The first-order valence-electron chi connectivity index (χ1n) is 3.19. The molecular weight excluding hydrogens is 152 g/mol. The van der Waals surface area contributed by atoms with E-state index in [9.17, 15) is 8.42 Å². The molecule has 0 spiro atoms. The average Bonchev–Trinajstić information content (AvgIpc) is 1.57. The molecule has 1 fully saturated rings. The van der Waals surface area contributed by atoms with Gasteiger partial charge in [-0.15, -0.1) is 0 Å². The molecule has 10 heavy (non-hydrogen) atoms. The van der Waals surface area contributed by atoms with Crippen molar-refractivity contribution in [3.63, 3.8) is 0 Å². The molecule has 1 heterocycles. The van der Waals surface area contributed by atoms with Gasteiger partial charge in [-0.2, -0.15) is 0 Å². The second-order valence-corrected chi connectivity index (χ2v) is 4.66. The van der Waals surface area contributed by atoms with Crippen LogP contribution in [0, 0.1) is 5.92 Å². The zero-order chi connectivity index (χ0) is 7.78. The normalized spacial score (nSPS) is 22.6. The maximum Gasteiger partial charge on any atom is 0.211 e. The van der Waals surface area contributed by atoms with E-state index in [1.54, 1.807) is 0 Å². The SMILES string of the molecule is CS(=O)(=O)N1CC(CN)C1. The van der Waals surface area contributed by atoms with E-state index in [1.807, 2.05) is 0 Å². The van der Waals surface area contributed by atoms with Crippen molar-refractivity contribution in [3.05, 3.63) is 0 Å². The maximum atomic E-state index is 10.8. The van der Waals surface area contributed by atoms with Crippen molar-refractivity contribution in [1.29, 1.82) is 0 Å². The Balaban J connectivity index is 2.41. The molecule has 4 nitrogen and oxygen atoms in total. The second-order valence-electron chi connectivity index (χ2n) is 2.68. The smallest absolute Gasteiger partial charge is 0.211 e. The second kappa shape index (κ2) is 2.48. The summed E-state index contributed by atoms with van der Waals surface area (Å²) in [7, 11) is -2.93. The van der Waals surface area contributed by atoms with E-state index >= 15 is 0 Å². The van der Waals surface area contributed by atoms with Crippen LogP contribution >= 0.6 is 0 Å². The number of nitrogens with zero attached hydrogens (tertiary/aromatic N) is 1. The van der Waals surface area contributed by atoms with Gasteiger partial charge in [-0.25, -0.2) is 12.7 Å². The molecule has 1 rings (SSSR count). The van der Waals surface area contributed by atoms with Crippen molar-refractivity contribution in [2.75, 3.05) is 25.9 Å². The van der Waals surface area contributed by atoms with Crippen LogP contribution in [-0.4, -0.2) is 38.6 Å². The highest BCUT2D eigenvalue weighted by Gasteiger charge is 2.31. The van der Waals surface area contributed by atoms with Gasteiger partial charge in [-0.3, -0.25) is 0 Å². The first-order valence-corrected chi connectivity index (χ1v) is 5.04. The highest BCUT2D eigenvalue weighted by atomic mass is 32.2. The number of hydrogen-bond donors (Lipinski definition) is 1. The molecule has 1 aliphatic heterocycles. The minimum absolute atomic E-state index is 0.384. The quantitative estimate of drug-likeness (QED) is 0.559. The molecule has 0 radical (unpaired) electrons. The van der Waals surface area contributed by atoms with Gasteiger partial charge in [-0.1, -0.05) is 0 Å². The molecule has 0 aromatic carbocycles. The lowest BCUT2D eigenvalue weighted by atomic mass is 10.0. The van der Waals surface area contributed by atoms with E-state index < -0.39 is 10.0 Å². The van der Waals surface area contributed by atoms with Gasteiger partial charge in [0.1, 0.15) is 0 Å². The summed E-state index contributed by atoms with van der Waals surface area (Å²) in [5, 5.41) is 0. The third-order valence-corrected chi connectivity index (χ3v) is 2.96. The van der Waals surface area contributed by atoms with E-state index in [4.69, 9.17) is 5.73 Å². The van der Waals surface area contributed by atoms with Crippen molar-refractivity contribution in [2.24, 2.45) is 11.7 Å². The molecule has 0 aromatic heterocycles. The lowest BCUT2D eigenvalue weighted by Crippen LogP contribution is -2.51. The number of hydrogen-bond acceptors (Lipinski definition) is 3. The van der Waals surface area contributed by atoms with E-state index in [1.165, 1.54) is 10.6 Å². The Morgan fingerprint density at radius 3 is 2.40 bits per heavy atom. The summed E-state index contributed by atoms with van der Waals surface area (Å²) in [5.74, 6) is 0.384. The van der Waals surface area contributed by atoms with Gasteiger partial charge in [0.05, 0.1) is 6.26 Å². The van der Waals surface area contributed by atoms with E-state index in [0.29, 0.717) is 25.6 Å². The summed E-state index contributed by atoms with van der Waals surface area (Å²) in [5.41, 5.74) is 5.32. The van der Waals surface area contributed by atoms with E-state index in [0.717, 1.165) is 0 Å². The summed E-state index contributed by atoms with van der Waals surface area (Å²) < 4.78 is 23.0. The minimum atomic E-state index is -2.93. The van der Waals surface area contributed by atoms with Crippen molar-refractivity contribution < 1.29 is 8.42 Å². The Morgan fingerprint density at radius 1 is 1.60 bits per heavy atom. The molecule has 0 atom stereocenters. The molecule has 1 saturated heterocycles. The molecule has 5 heteroatoms. The fourth-order valence-electron chi connectivity index (χ4n) is 0.942. The van der Waals surface area contributed by atoms with Gasteiger partial charge in [0.15, 0.2) is 0 Å². The zero-order valence-electron chi connectivity index (χ0n) is 5.95. The van der Waals surface area contributed by atoms with Crippen LogP contribution in [-0.2, 0) is 10.0 Å². The molecule has 60 valence electrons. The van der Waals surface area contributed by atoms with Crippen LogP contribution in [0.2, 0.25) is 0 Å². The Kier molecular flexibility index (Phi) is 1.98. The number of nitrogens with two attached hydrogens (primary N) is 1. The van der Waals surface area contributed by atoms with E-state index in [2.05, 4.69) is 0 Å². The van der Waals surface area contributed by atoms with Crippen LogP contribution in [0.25, 0.3) is 0 Å². The summed E-state index contributed by atoms with van der Waals surface area (Å²) >= 11 is 0. The van der Waals surface area contributed by atoms with Crippen LogP contribution in [0.4, 0.5) is 0 Å². The van der Waals surface area contributed by atoms with Crippen molar-refractivity contribution in [2.45, 2.75) is 0 Å². The monoisotopic (exact) mass is 164 g/mol. The van der Waals surface area contributed by atoms with Crippen molar-refractivity contribution in [3.8, 4) is 0 Å². The molecular formula is C5H12N2O2S. The zero-order valence-corrected chi connectivity index (χ0v) is 6.76. The summed E-state index contributed by atoms with van der Waals surface area (Å²) in [6, 6.07) is 0. The topological polar surface area (TPSA) is 63.4 Å². The molecule has 0 unspecified atom stereocenters. The lowest BCUT2D eigenvalue weighted by Gasteiger charge is -2.36. The Hall–Kier alpha value is -0.130. The average molecular weight is 164 g/mol. The first kappa shape index (κ1) is 7.97. The van der Waals surface area contributed by atoms with Crippen LogP contribution in [0.3, 0.4) is 0 Å². The van der Waals surface area contributed by atoms with Crippen LogP contribution in [0.15, 0.2) is 0 Å². The maximum absolute atomic E-state index is 10.8. The van der Waals surface area contributed by atoms with Gasteiger partial charge in [-0.05, 0) is 12.5 Å². The van der Waals surface area contributed by atoms with Crippen LogP contribution in [0.5, 0.6) is 0 Å². The largest absolute Gasteiger partial charge is 0.330 e. The standard InChI is InChI=1S/C5H12N2O2S/c1-10(8,9)7-3-5(2-6)4-7/h5H,2-4,6H2,1H3. The van der Waals surface area contributed by atoms with E-state index in [-0.39, 0.29) is 0 Å². The van der Waals surface area contributed by atoms with Crippen molar-refractivity contribution in [1.82, 2.24) is 4.31 Å². The van der Waals surface area contributed by atoms with Crippen LogP contribution in [0.1, 0.15) is 0 Å². The highest BCUT2D eigenvalue weighted by Crippen LogP contribution is 2.16. The Bertz CT molecular complexity index is 206. The summed E-state index contributed by atoms with van der Waals surface area (Å²) in [6.45, 7) is 1.80. The Morgan fingerprint density at radius 2 is 2.10 bits per heavy atom. The summed E-state index contributed by atoms with van der Waals surface area (Å²) in [4.78, 5) is 0. The lowest BCUT2D eigenvalue weighted by molar-refractivity contribution is 0.208. The molecule has 0 aromatic rings. The van der Waals surface area contributed by atoms with Crippen LogP contribution < -0.4 is 5.73 Å². The number of sulfonamides is 1. The fraction of sp³-hybridized carbons (Fsp3) is 1.00. The predicted octanol–water partition coefficient (Wildman–Crippen LogP) is -1.16. The predicted molar refractivity (Wildman–Crippen MR) is 39.0 cm³/mol. The molecule has 0 aliphatic carbocycles. The van der Waals surface area contributed by atoms with Gasteiger partial charge < -0.3 is 5.73 Å². The molecule has 1 aliphatic rings. The highest BCUT2D eigenvalue weighted by molar-refractivity contribution is 7.88. The van der Waals surface area contributed by atoms with Gasteiger partial charge in [0, 0.05) is 13.1 Å². The number of rotatable bonds is 2. The molecule has 2 N–H and O–H groups in total. The van der Waals surface area contributed by atoms with Gasteiger partial charge >= 0.3 is 0 Å². The first-order chi connectivity index (χ1) is 4.54. The van der Waals surface area contributed by atoms with Gasteiger partial charge in [0.25, 0.3) is 0 Å². The summed E-state index contributed by atoms with van der Waals surface area (Å²) in [6.07, 6.45) is 1.22.